The van der Waals surface area contributed by atoms with E-state index in [1.165, 1.54) is 6.08 Å². The Morgan fingerprint density at radius 3 is 2.23 bits per heavy atom. The highest BCUT2D eigenvalue weighted by Crippen LogP contribution is 2.31. The summed E-state index contributed by atoms with van der Waals surface area (Å²) in [5.74, 6) is -3.24. The first kappa shape index (κ1) is 27.9. The van der Waals surface area contributed by atoms with E-state index >= 15 is 0 Å². The van der Waals surface area contributed by atoms with Crippen molar-refractivity contribution in [1.29, 1.82) is 0 Å². The molecule has 0 heterocycles. The van der Waals surface area contributed by atoms with E-state index in [9.17, 15) is 24.3 Å². The highest BCUT2D eigenvalue weighted by atomic mass is 35.5. The van der Waals surface area contributed by atoms with E-state index in [0.717, 1.165) is 17.5 Å². The molecule has 200 valence electrons. The van der Waals surface area contributed by atoms with Gasteiger partial charge in [-0.25, -0.2) is 9.59 Å². The van der Waals surface area contributed by atoms with Crippen molar-refractivity contribution >= 4 is 58.2 Å². The lowest BCUT2D eigenvalue weighted by molar-refractivity contribution is -0.139. The molecule has 0 saturated carbocycles. The number of nitrogens with one attached hydrogen (secondary N) is 2. The number of hydrogen-bond donors (Lipinski definition) is 4. The summed E-state index contributed by atoms with van der Waals surface area (Å²) in [4.78, 5) is 48.5. The van der Waals surface area contributed by atoms with Crippen LogP contribution in [0, 0.1) is 0 Å². The number of carboxylic acids is 2. The third-order valence-electron chi connectivity index (χ3n) is 6.35. The van der Waals surface area contributed by atoms with Crippen LogP contribution in [0.4, 0.5) is 5.69 Å². The lowest BCUT2D eigenvalue weighted by Gasteiger charge is -2.20. The van der Waals surface area contributed by atoms with Gasteiger partial charge in [0.25, 0.3) is 11.8 Å². The van der Waals surface area contributed by atoms with Gasteiger partial charge in [-0.3, -0.25) is 9.59 Å². The average molecular weight is 567 g/mol. The predicted octanol–water partition coefficient (Wildman–Crippen LogP) is 5.48. The Kier molecular flexibility index (Phi) is 8.69. The van der Waals surface area contributed by atoms with E-state index < -0.39 is 29.8 Å². The maximum atomic E-state index is 12.9. The number of aliphatic carboxylic acids is 2. The number of carbonyl (C=O) groups excluding carboxylic acids is 2. The van der Waals surface area contributed by atoms with Crippen molar-refractivity contribution in [2.24, 2.45) is 0 Å². The van der Waals surface area contributed by atoms with Crippen LogP contribution in [0.15, 0.2) is 66.7 Å². The van der Waals surface area contributed by atoms with E-state index in [4.69, 9.17) is 28.3 Å². The Morgan fingerprint density at radius 1 is 0.897 bits per heavy atom. The van der Waals surface area contributed by atoms with Crippen molar-refractivity contribution in [1.82, 2.24) is 5.32 Å². The first-order valence-corrected chi connectivity index (χ1v) is 12.8. The van der Waals surface area contributed by atoms with E-state index in [0.29, 0.717) is 35.2 Å². The van der Waals surface area contributed by atoms with Crippen LogP contribution in [-0.4, -0.2) is 40.0 Å². The summed E-state index contributed by atoms with van der Waals surface area (Å²) >= 11 is 12.2. The minimum absolute atomic E-state index is 0.0160. The molecule has 8 nitrogen and oxygen atoms in total. The zero-order chi connectivity index (χ0) is 28.1. The number of carbonyl (C=O) groups is 4. The summed E-state index contributed by atoms with van der Waals surface area (Å²) < 4.78 is 0. The fourth-order valence-corrected chi connectivity index (χ4v) is 5.04. The van der Waals surface area contributed by atoms with Gasteiger partial charge in [0, 0.05) is 23.7 Å². The number of benzene rings is 3. The predicted molar refractivity (Wildman–Crippen MR) is 148 cm³/mol. The molecule has 0 unspecified atom stereocenters. The quantitative estimate of drug-likeness (QED) is 0.267. The molecule has 3 aromatic rings. The number of halogens is 2. The van der Waals surface area contributed by atoms with Crippen LogP contribution < -0.4 is 10.6 Å². The number of carboxylic acid groups (broad SMARTS) is 2. The zero-order valence-corrected chi connectivity index (χ0v) is 22.1. The second-order valence-corrected chi connectivity index (χ2v) is 9.86. The second-order valence-electron chi connectivity index (χ2n) is 9.05. The summed E-state index contributed by atoms with van der Waals surface area (Å²) in [6, 6.07) is 15.0. The zero-order valence-electron chi connectivity index (χ0n) is 20.5. The maximum absolute atomic E-state index is 12.9. The molecule has 0 fully saturated rings. The van der Waals surface area contributed by atoms with E-state index in [-0.39, 0.29) is 22.0 Å². The Morgan fingerprint density at radius 2 is 1.59 bits per heavy atom. The molecule has 0 aromatic heterocycles. The van der Waals surface area contributed by atoms with Crippen LogP contribution in [-0.2, 0) is 22.4 Å². The lowest BCUT2D eigenvalue weighted by atomic mass is 9.86. The van der Waals surface area contributed by atoms with Crippen LogP contribution in [0.2, 0.25) is 10.0 Å². The molecule has 1 aliphatic carbocycles. The summed E-state index contributed by atoms with van der Waals surface area (Å²) in [6.45, 7) is 0. The number of fused-ring (bicyclic) bond motifs is 1. The topological polar surface area (TPSA) is 133 Å². The minimum atomic E-state index is -1.20. The molecule has 1 atom stereocenters. The second kappa shape index (κ2) is 12.1. The number of amides is 2. The van der Waals surface area contributed by atoms with Crippen LogP contribution in [0.3, 0.4) is 0 Å². The molecule has 0 saturated heterocycles. The highest BCUT2D eigenvalue weighted by molar-refractivity contribution is 6.40. The summed E-state index contributed by atoms with van der Waals surface area (Å²) in [5.41, 5.74) is 3.88. The van der Waals surface area contributed by atoms with E-state index in [1.54, 1.807) is 60.7 Å². The van der Waals surface area contributed by atoms with Gasteiger partial charge in [-0.15, -0.1) is 0 Å². The van der Waals surface area contributed by atoms with Crippen molar-refractivity contribution in [3.8, 4) is 0 Å². The molecule has 0 spiro atoms. The molecule has 4 rings (SSSR count). The van der Waals surface area contributed by atoms with Crippen LogP contribution in [0.5, 0.6) is 0 Å². The molecule has 0 radical (unpaired) electrons. The minimum Gasteiger partial charge on any atom is -0.480 e. The van der Waals surface area contributed by atoms with Gasteiger partial charge in [0.1, 0.15) is 6.04 Å². The molecular weight excluding hydrogens is 543 g/mol. The smallest absolute Gasteiger partial charge is 0.328 e. The molecule has 39 heavy (non-hydrogen) atoms. The SMILES string of the molecule is O=C(O)C=C1CCCc2cc(C(=O)N[C@@H](Cc3ccc(NC(=O)c4c(Cl)cccc4Cl)cc3)C(=O)O)ccc21. The van der Waals surface area contributed by atoms with Gasteiger partial charge in [-0.1, -0.05) is 47.5 Å². The first-order valence-electron chi connectivity index (χ1n) is 12.1. The highest BCUT2D eigenvalue weighted by Gasteiger charge is 2.23. The van der Waals surface area contributed by atoms with Crippen molar-refractivity contribution in [3.05, 3.63) is 105 Å². The molecule has 0 aliphatic heterocycles. The number of hydrogen-bond acceptors (Lipinski definition) is 4. The Labute approximate surface area is 234 Å². The number of aryl methyl sites for hydroxylation is 1. The molecule has 0 bridgehead atoms. The van der Waals surface area contributed by atoms with Crippen molar-refractivity contribution in [2.45, 2.75) is 31.7 Å². The Hall–Kier alpha value is -4.14. The summed E-state index contributed by atoms with van der Waals surface area (Å²) in [6.07, 6.45) is 3.29. The standard InChI is InChI=1S/C29H24Cl2N2O6/c30-22-5-2-6-23(31)26(22)28(37)32-20-10-7-16(8-11-20)13-24(29(38)39)33-27(36)19-9-12-21-17(14-19)3-1-4-18(21)15-25(34)35/h2,5-12,14-15,24H,1,3-4,13H2,(H,32,37)(H,33,36)(H,34,35)(H,38,39)/t24-/m0/s1. The van der Waals surface area contributed by atoms with Gasteiger partial charge in [-0.05, 0) is 77.9 Å². The number of rotatable bonds is 8. The molecule has 1 aliphatic rings. The van der Waals surface area contributed by atoms with Gasteiger partial charge in [0.05, 0.1) is 15.6 Å². The first-order chi connectivity index (χ1) is 18.6. The van der Waals surface area contributed by atoms with Crippen molar-refractivity contribution < 1.29 is 29.4 Å². The van der Waals surface area contributed by atoms with Crippen molar-refractivity contribution in [3.63, 3.8) is 0 Å². The van der Waals surface area contributed by atoms with Gasteiger partial charge in [0.2, 0.25) is 0 Å². The molecular formula is C29H24Cl2N2O6. The Balaban J connectivity index is 1.43. The third-order valence-corrected chi connectivity index (χ3v) is 6.98. The molecule has 2 amide bonds. The van der Waals surface area contributed by atoms with Gasteiger partial charge in [0.15, 0.2) is 0 Å². The molecule has 4 N–H and O–H groups in total. The van der Waals surface area contributed by atoms with Crippen LogP contribution >= 0.6 is 23.2 Å². The summed E-state index contributed by atoms with van der Waals surface area (Å²) in [5, 5.41) is 24.5. The normalized spacial score (nSPS) is 14.3. The van der Waals surface area contributed by atoms with E-state index in [2.05, 4.69) is 10.6 Å². The fourth-order valence-electron chi connectivity index (χ4n) is 4.47. The van der Waals surface area contributed by atoms with Gasteiger partial charge >= 0.3 is 11.9 Å². The number of anilines is 1. The summed E-state index contributed by atoms with van der Waals surface area (Å²) in [7, 11) is 0. The maximum Gasteiger partial charge on any atom is 0.328 e. The monoisotopic (exact) mass is 566 g/mol. The van der Waals surface area contributed by atoms with Crippen LogP contribution in [0.1, 0.15) is 50.2 Å². The molecule has 3 aromatic carbocycles. The van der Waals surface area contributed by atoms with Gasteiger partial charge in [-0.2, -0.15) is 0 Å². The van der Waals surface area contributed by atoms with Crippen LogP contribution in [0.25, 0.3) is 5.57 Å². The largest absolute Gasteiger partial charge is 0.480 e. The average Bonchev–Trinajstić information content (AvgIpc) is 2.88. The van der Waals surface area contributed by atoms with E-state index in [1.807, 2.05) is 0 Å². The molecule has 10 heteroatoms. The fraction of sp³-hybridized carbons (Fsp3) is 0.172. The van der Waals surface area contributed by atoms with Gasteiger partial charge < -0.3 is 20.8 Å². The Bertz CT molecular complexity index is 1460. The lowest BCUT2D eigenvalue weighted by Crippen LogP contribution is -2.42. The van der Waals surface area contributed by atoms with Crippen molar-refractivity contribution in [2.75, 3.05) is 5.32 Å². The third kappa shape index (κ3) is 6.85. The number of allylic oxidation sites excluding steroid dienone is 1.